The van der Waals surface area contributed by atoms with Crippen molar-refractivity contribution in [3.8, 4) is 5.88 Å². The third-order valence-corrected chi connectivity index (χ3v) is 5.84. The molecule has 0 saturated carbocycles. The van der Waals surface area contributed by atoms with Crippen LogP contribution >= 0.6 is 0 Å². The Balaban J connectivity index is 1.43. The molecule has 1 aromatic heterocycles. The summed E-state index contributed by atoms with van der Waals surface area (Å²) in [6, 6.07) is 13.0. The zero-order valence-corrected chi connectivity index (χ0v) is 17.5. The summed E-state index contributed by atoms with van der Waals surface area (Å²) in [7, 11) is 1.59. The van der Waals surface area contributed by atoms with E-state index in [0.29, 0.717) is 31.9 Å². The van der Waals surface area contributed by atoms with Gasteiger partial charge in [0.1, 0.15) is 5.82 Å². The molecule has 2 aromatic carbocycles. The van der Waals surface area contributed by atoms with E-state index in [2.05, 4.69) is 17.1 Å². The molecule has 0 N–H and O–H groups in total. The third kappa shape index (κ3) is 3.69. The lowest BCUT2D eigenvalue weighted by Crippen LogP contribution is -2.36. The molecule has 0 spiro atoms. The van der Waals surface area contributed by atoms with Crippen LogP contribution in [0.15, 0.2) is 53.7 Å². The van der Waals surface area contributed by atoms with Crippen molar-refractivity contribution < 1.29 is 13.9 Å². The van der Waals surface area contributed by atoms with E-state index in [9.17, 15) is 9.18 Å². The Kier molecular flexibility index (Phi) is 4.77. The Bertz CT molecular complexity index is 1200. The number of hydrogen-bond acceptors (Lipinski definition) is 4. The van der Waals surface area contributed by atoms with Crippen LogP contribution in [0.1, 0.15) is 38.9 Å². The molecule has 0 bridgehead atoms. The normalized spacial score (nSPS) is 14.9. The minimum absolute atomic E-state index is 0.0628. The van der Waals surface area contributed by atoms with Gasteiger partial charge in [0.25, 0.3) is 0 Å². The number of nitrogens with zero attached hydrogens (tertiary/aromatic N) is 3. The summed E-state index contributed by atoms with van der Waals surface area (Å²) in [6.07, 6.45) is 2.13. The summed E-state index contributed by atoms with van der Waals surface area (Å²) in [4.78, 5) is 23.6. The Morgan fingerprint density at radius 3 is 2.71 bits per heavy atom. The number of pyridine rings is 1. The summed E-state index contributed by atoms with van der Waals surface area (Å²) < 4.78 is 18.9. The Morgan fingerprint density at radius 1 is 1.10 bits per heavy atom. The summed E-state index contributed by atoms with van der Waals surface area (Å²) in [5.41, 5.74) is 7.90. The van der Waals surface area contributed by atoms with E-state index < -0.39 is 0 Å². The van der Waals surface area contributed by atoms with Crippen molar-refractivity contribution in [3.63, 3.8) is 0 Å². The number of rotatable bonds is 4. The van der Waals surface area contributed by atoms with Gasteiger partial charge in [0, 0.05) is 36.5 Å². The fourth-order valence-electron chi connectivity index (χ4n) is 4.38. The molecule has 31 heavy (non-hydrogen) atoms. The van der Waals surface area contributed by atoms with Gasteiger partial charge in [-0.3, -0.25) is 9.79 Å². The lowest BCUT2D eigenvalue weighted by molar-refractivity contribution is -0.132. The monoisotopic (exact) mass is 415 g/mol. The first-order valence-electron chi connectivity index (χ1n) is 10.2. The second-order valence-corrected chi connectivity index (χ2v) is 8.10. The number of methoxy groups -OCH3 is 1. The van der Waals surface area contributed by atoms with Crippen LogP contribution in [0.25, 0.3) is 0 Å². The molecule has 0 fully saturated rings. The zero-order chi connectivity index (χ0) is 21.5. The molecular weight excluding hydrogens is 393 g/mol. The van der Waals surface area contributed by atoms with Crippen LogP contribution in [0.3, 0.4) is 0 Å². The predicted molar refractivity (Wildman–Crippen MR) is 116 cm³/mol. The molecule has 0 aliphatic carbocycles. The minimum Gasteiger partial charge on any atom is -0.481 e. The third-order valence-electron chi connectivity index (χ3n) is 5.84. The highest BCUT2D eigenvalue weighted by Crippen LogP contribution is 2.30. The van der Waals surface area contributed by atoms with Crippen molar-refractivity contribution in [2.24, 2.45) is 4.99 Å². The average Bonchev–Trinajstić information content (AvgIpc) is 3.15. The molecule has 5 rings (SSSR count). The van der Waals surface area contributed by atoms with Crippen LogP contribution in [0.2, 0.25) is 0 Å². The van der Waals surface area contributed by atoms with Gasteiger partial charge >= 0.3 is 0 Å². The van der Waals surface area contributed by atoms with E-state index in [4.69, 9.17) is 9.73 Å². The van der Waals surface area contributed by atoms with Gasteiger partial charge in [-0.1, -0.05) is 12.1 Å². The van der Waals surface area contributed by atoms with Crippen molar-refractivity contribution in [3.05, 3.63) is 93.4 Å². The lowest BCUT2D eigenvalue weighted by atomic mass is 9.91. The summed E-state index contributed by atoms with van der Waals surface area (Å²) in [5.74, 6) is 0.356. The van der Waals surface area contributed by atoms with Gasteiger partial charge in [0.2, 0.25) is 11.8 Å². The highest BCUT2D eigenvalue weighted by molar-refractivity contribution is 6.15. The fraction of sp³-hybridized carbons (Fsp3) is 0.240. The van der Waals surface area contributed by atoms with E-state index in [1.165, 1.54) is 12.1 Å². The molecule has 2 aliphatic heterocycles. The number of aliphatic imine (C=N–C) groups is 1. The molecule has 1 amide bonds. The number of halogens is 1. The number of carbonyl (C=O) groups excluding carboxylic acids is 1. The van der Waals surface area contributed by atoms with Gasteiger partial charge in [0.05, 0.1) is 25.8 Å². The Morgan fingerprint density at radius 2 is 1.97 bits per heavy atom. The molecule has 3 aromatic rings. The fourth-order valence-corrected chi connectivity index (χ4v) is 4.38. The van der Waals surface area contributed by atoms with Crippen molar-refractivity contribution in [2.45, 2.75) is 33.0 Å². The number of benzene rings is 2. The smallest absolute Gasteiger partial charge is 0.227 e. The van der Waals surface area contributed by atoms with Crippen LogP contribution in [0.5, 0.6) is 5.88 Å². The van der Waals surface area contributed by atoms with Gasteiger partial charge in [-0.15, -0.1) is 0 Å². The van der Waals surface area contributed by atoms with Crippen LogP contribution in [-0.2, 0) is 30.8 Å². The summed E-state index contributed by atoms with van der Waals surface area (Å²) in [6.45, 7) is 3.37. The van der Waals surface area contributed by atoms with Crippen molar-refractivity contribution >= 4 is 11.6 Å². The number of carbonyl (C=O) groups is 1. The van der Waals surface area contributed by atoms with Crippen molar-refractivity contribution in [2.75, 3.05) is 7.11 Å². The van der Waals surface area contributed by atoms with E-state index in [0.717, 1.165) is 44.7 Å². The topological polar surface area (TPSA) is 54.8 Å². The first-order chi connectivity index (χ1) is 15.0. The van der Waals surface area contributed by atoms with E-state index >= 15 is 0 Å². The zero-order valence-electron chi connectivity index (χ0n) is 17.5. The highest BCUT2D eigenvalue weighted by atomic mass is 19.1. The molecule has 3 heterocycles. The van der Waals surface area contributed by atoms with Crippen molar-refractivity contribution in [1.82, 2.24) is 9.88 Å². The second kappa shape index (κ2) is 7.61. The van der Waals surface area contributed by atoms with Crippen LogP contribution in [0, 0.1) is 12.7 Å². The first-order valence-corrected chi connectivity index (χ1v) is 10.2. The predicted octanol–water partition coefficient (Wildman–Crippen LogP) is 3.97. The maximum atomic E-state index is 13.8. The first kappa shape index (κ1) is 19.4. The largest absolute Gasteiger partial charge is 0.481 e. The molecule has 2 aliphatic rings. The molecule has 6 heteroatoms. The Labute approximate surface area is 180 Å². The molecule has 0 radical (unpaired) electrons. The summed E-state index contributed by atoms with van der Waals surface area (Å²) >= 11 is 0. The number of aryl methyl sites for hydroxylation is 1. The number of hydrogen-bond donors (Lipinski definition) is 0. The van der Waals surface area contributed by atoms with E-state index in [1.54, 1.807) is 18.2 Å². The number of amides is 1. The second-order valence-electron chi connectivity index (χ2n) is 8.10. The molecule has 5 nitrogen and oxygen atoms in total. The van der Waals surface area contributed by atoms with Gasteiger partial charge in [-0.25, -0.2) is 9.37 Å². The maximum Gasteiger partial charge on any atom is 0.227 e. The standard InChI is InChI=1S/C25H22FN3O2/c1-15-5-16(7-21(26)6-15)13-29-14-20-9-22-19(8-18(20)10-24(29)30)12-28-25(22)17-3-4-23(31-2)27-11-17/h3-9,11H,10,12-14H2,1-2H3. The maximum absolute atomic E-state index is 13.8. The highest BCUT2D eigenvalue weighted by Gasteiger charge is 2.27. The lowest BCUT2D eigenvalue weighted by Gasteiger charge is -2.29. The quantitative estimate of drug-likeness (QED) is 0.648. The van der Waals surface area contributed by atoms with Crippen LogP contribution in [0.4, 0.5) is 4.39 Å². The van der Waals surface area contributed by atoms with Gasteiger partial charge in [-0.2, -0.15) is 0 Å². The van der Waals surface area contributed by atoms with Crippen LogP contribution in [-0.4, -0.2) is 28.6 Å². The number of aromatic nitrogens is 1. The van der Waals surface area contributed by atoms with Gasteiger partial charge in [-0.05, 0) is 59.0 Å². The van der Waals surface area contributed by atoms with E-state index in [1.807, 2.05) is 25.1 Å². The van der Waals surface area contributed by atoms with Crippen LogP contribution < -0.4 is 4.74 Å². The number of fused-ring (bicyclic) bond motifs is 2. The van der Waals surface area contributed by atoms with Gasteiger partial charge in [0.15, 0.2) is 0 Å². The average molecular weight is 415 g/mol. The molecule has 0 saturated heterocycles. The molecule has 0 unspecified atom stereocenters. The Hall–Kier alpha value is -3.54. The molecular formula is C25H22FN3O2. The summed E-state index contributed by atoms with van der Waals surface area (Å²) in [5, 5.41) is 0. The number of ether oxygens (including phenoxy) is 1. The SMILES string of the molecule is COc1ccc(C2=NCc3cc4c(cc32)CN(Cc2cc(C)cc(F)c2)C(=O)C4)cn1. The molecule has 0 atom stereocenters. The minimum atomic E-state index is -0.272. The van der Waals surface area contributed by atoms with Crippen molar-refractivity contribution in [1.29, 1.82) is 0 Å². The van der Waals surface area contributed by atoms with Gasteiger partial charge < -0.3 is 9.64 Å². The molecule has 156 valence electrons. The van der Waals surface area contributed by atoms with E-state index in [-0.39, 0.29) is 11.7 Å².